The first kappa shape index (κ1) is 24.0. The summed E-state index contributed by atoms with van der Waals surface area (Å²) in [4.78, 5) is 17.0. The van der Waals surface area contributed by atoms with Gasteiger partial charge in [0.25, 0.3) is 0 Å². The van der Waals surface area contributed by atoms with Gasteiger partial charge in [-0.05, 0) is 48.9 Å². The van der Waals surface area contributed by atoms with Gasteiger partial charge in [-0.15, -0.1) is 0 Å². The summed E-state index contributed by atoms with van der Waals surface area (Å²) in [6, 6.07) is 25.6. The molecule has 0 spiro atoms. The number of rotatable bonds is 10. The molecule has 4 aromatic rings. The van der Waals surface area contributed by atoms with Crippen LogP contribution in [0.3, 0.4) is 0 Å². The molecule has 0 unspecified atom stereocenters. The van der Waals surface area contributed by atoms with Crippen molar-refractivity contribution >= 4 is 22.6 Å². The van der Waals surface area contributed by atoms with Crippen molar-refractivity contribution in [1.82, 2.24) is 4.98 Å². The van der Waals surface area contributed by atoms with Crippen molar-refractivity contribution in [3.05, 3.63) is 96.2 Å². The number of aromatic nitrogens is 1. The van der Waals surface area contributed by atoms with Crippen LogP contribution in [0.4, 0.5) is 5.69 Å². The van der Waals surface area contributed by atoms with E-state index in [0.29, 0.717) is 29.4 Å². The van der Waals surface area contributed by atoms with Crippen molar-refractivity contribution < 1.29 is 24.1 Å². The number of aliphatic hydroxyl groups is 1. The highest BCUT2D eigenvalue weighted by Crippen LogP contribution is 2.28. The van der Waals surface area contributed by atoms with E-state index in [2.05, 4.69) is 10.3 Å². The van der Waals surface area contributed by atoms with Crippen LogP contribution in [-0.4, -0.2) is 35.9 Å². The Labute approximate surface area is 204 Å². The molecule has 2 atom stereocenters. The molecule has 35 heavy (non-hydrogen) atoms. The summed E-state index contributed by atoms with van der Waals surface area (Å²) in [6.07, 6.45) is -1.41. The minimum Gasteiger partial charge on any atom is -0.497 e. The maximum atomic E-state index is 12.3. The number of hydrogen-bond acceptors (Lipinski definition) is 7. The summed E-state index contributed by atoms with van der Waals surface area (Å²) >= 11 is 0. The Morgan fingerprint density at radius 3 is 2.54 bits per heavy atom. The van der Waals surface area contributed by atoms with Crippen molar-refractivity contribution in [2.45, 2.75) is 25.7 Å². The van der Waals surface area contributed by atoms with Gasteiger partial charge in [-0.25, -0.2) is 9.78 Å². The number of pyridine rings is 1. The highest BCUT2D eigenvalue weighted by atomic mass is 16.5. The molecule has 0 radical (unpaired) electrons. The standard InChI is InChI=1S/C28H28N2O5/c1-3-34-28(32)27(31)26(20-12-15-23(33-2)16-13-20)30-21-8-6-9-24(17-21)35-18-22-14-11-19-7-4-5-10-25(19)29-22/h4-17,26-27,30-31H,3,18H2,1-2H3/t26-,27-/m0/s1. The molecule has 2 N–H and O–H groups in total. The van der Waals surface area contributed by atoms with Gasteiger partial charge < -0.3 is 24.6 Å². The number of esters is 1. The van der Waals surface area contributed by atoms with Gasteiger partial charge in [-0.1, -0.05) is 42.5 Å². The second-order valence-electron chi connectivity index (χ2n) is 7.90. The molecule has 7 heteroatoms. The summed E-state index contributed by atoms with van der Waals surface area (Å²) in [6.45, 7) is 2.19. The monoisotopic (exact) mass is 472 g/mol. The fourth-order valence-corrected chi connectivity index (χ4v) is 3.72. The SMILES string of the molecule is CCOC(=O)[C@@H](O)[C@@H](Nc1cccc(OCc2ccc3ccccc3n2)c1)c1ccc(OC)cc1. The van der Waals surface area contributed by atoms with Crippen LogP contribution in [0, 0.1) is 0 Å². The number of anilines is 1. The largest absolute Gasteiger partial charge is 0.497 e. The molecular formula is C28H28N2O5. The number of ether oxygens (including phenoxy) is 3. The lowest BCUT2D eigenvalue weighted by molar-refractivity contribution is -0.153. The zero-order valence-corrected chi connectivity index (χ0v) is 19.7. The van der Waals surface area contributed by atoms with Crippen LogP contribution in [0.1, 0.15) is 24.2 Å². The van der Waals surface area contributed by atoms with E-state index in [1.165, 1.54) is 0 Å². The van der Waals surface area contributed by atoms with E-state index < -0.39 is 18.1 Å². The molecule has 0 saturated heterocycles. The highest BCUT2D eigenvalue weighted by Gasteiger charge is 2.29. The fourth-order valence-electron chi connectivity index (χ4n) is 3.72. The van der Waals surface area contributed by atoms with Crippen LogP contribution in [-0.2, 0) is 16.1 Å². The molecule has 0 aliphatic rings. The van der Waals surface area contributed by atoms with Crippen LogP contribution in [0.25, 0.3) is 10.9 Å². The summed E-state index contributed by atoms with van der Waals surface area (Å²) in [5, 5.41) is 15.1. The van der Waals surface area contributed by atoms with E-state index in [1.54, 1.807) is 38.3 Å². The summed E-state index contributed by atoms with van der Waals surface area (Å²) < 4.78 is 16.2. The Morgan fingerprint density at radius 1 is 0.971 bits per heavy atom. The van der Waals surface area contributed by atoms with Gasteiger partial charge in [-0.3, -0.25) is 0 Å². The van der Waals surface area contributed by atoms with E-state index in [1.807, 2.05) is 60.7 Å². The zero-order chi connectivity index (χ0) is 24.6. The predicted octanol–water partition coefficient (Wildman–Crippen LogP) is 4.90. The number of aliphatic hydroxyl groups excluding tert-OH is 1. The molecule has 1 heterocycles. The Hall–Kier alpha value is -4.10. The number of para-hydroxylation sites is 1. The van der Waals surface area contributed by atoms with Gasteiger partial charge in [0.15, 0.2) is 6.10 Å². The summed E-state index contributed by atoms with van der Waals surface area (Å²) in [7, 11) is 1.58. The molecule has 0 aliphatic carbocycles. The van der Waals surface area contributed by atoms with Crippen molar-refractivity contribution in [2.24, 2.45) is 0 Å². The van der Waals surface area contributed by atoms with Crippen molar-refractivity contribution in [2.75, 3.05) is 19.0 Å². The van der Waals surface area contributed by atoms with Crippen molar-refractivity contribution in [3.63, 3.8) is 0 Å². The van der Waals surface area contributed by atoms with Gasteiger partial charge in [0, 0.05) is 17.1 Å². The molecule has 0 bridgehead atoms. The van der Waals surface area contributed by atoms with Gasteiger partial charge >= 0.3 is 5.97 Å². The maximum Gasteiger partial charge on any atom is 0.337 e. The first-order valence-electron chi connectivity index (χ1n) is 11.4. The minimum absolute atomic E-state index is 0.178. The summed E-state index contributed by atoms with van der Waals surface area (Å²) in [5.74, 6) is 0.607. The Bertz CT molecular complexity index is 1280. The van der Waals surface area contributed by atoms with E-state index >= 15 is 0 Å². The lowest BCUT2D eigenvalue weighted by Gasteiger charge is -2.25. The number of nitrogens with one attached hydrogen (secondary N) is 1. The topological polar surface area (TPSA) is 89.9 Å². The molecule has 180 valence electrons. The van der Waals surface area contributed by atoms with Gasteiger partial charge in [0.05, 0.1) is 31.0 Å². The average molecular weight is 473 g/mol. The number of benzene rings is 3. The Kier molecular flexibility index (Phi) is 7.80. The second-order valence-corrected chi connectivity index (χ2v) is 7.90. The molecule has 3 aromatic carbocycles. The fraction of sp³-hybridized carbons (Fsp3) is 0.214. The molecule has 0 fully saturated rings. The smallest absolute Gasteiger partial charge is 0.337 e. The van der Waals surface area contributed by atoms with Crippen LogP contribution in [0.2, 0.25) is 0 Å². The van der Waals surface area contributed by atoms with Crippen LogP contribution < -0.4 is 14.8 Å². The van der Waals surface area contributed by atoms with E-state index in [4.69, 9.17) is 14.2 Å². The van der Waals surface area contributed by atoms with Gasteiger partial charge in [0.2, 0.25) is 0 Å². The van der Waals surface area contributed by atoms with Crippen molar-refractivity contribution in [1.29, 1.82) is 0 Å². The Balaban J connectivity index is 1.51. The van der Waals surface area contributed by atoms with Crippen LogP contribution in [0.5, 0.6) is 11.5 Å². The molecule has 4 rings (SSSR count). The van der Waals surface area contributed by atoms with Crippen LogP contribution >= 0.6 is 0 Å². The Morgan fingerprint density at radius 2 is 1.77 bits per heavy atom. The number of methoxy groups -OCH3 is 1. The first-order valence-corrected chi connectivity index (χ1v) is 11.4. The predicted molar refractivity (Wildman–Crippen MR) is 135 cm³/mol. The van der Waals surface area contributed by atoms with E-state index in [0.717, 1.165) is 16.6 Å². The molecule has 7 nitrogen and oxygen atoms in total. The number of nitrogens with zero attached hydrogens (tertiary/aromatic N) is 1. The number of fused-ring (bicyclic) bond motifs is 1. The minimum atomic E-state index is -1.41. The highest BCUT2D eigenvalue weighted by molar-refractivity contribution is 5.78. The number of carbonyl (C=O) groups is 1. The first-order chi connectivity index (χ1) is 17.1. The zero-order valence-electron chi connectivity index (χ0n) is 19.7. The maximum absolute atomic E-state index is 12.3. The van der Waals surface area contributed by atoms with Gasteiger partial charge in [0.1, 0.15) is 18.1 Å². The lowest BCUT2D eigenvalue weighted by Crippen LogP contribution is -2.34. The molecule has 0 amide bonds. The molecule has 1 aromatic heterocycles. The quantitative estimate of drug-likeness (QED) is 0.317. The molecular weight excluding hydrogens is 444 g/mol. The van der Waals surface area contributed by atoms with Crippen molar-refractivity contribution in [3.8, 4) is 11.5 Å². The van der Waals surface area contributed by atoms with Gasteiger partial charge in [-0.2, -0.15) is 0 Å². The third kappa shape index (κ3) is 6.07. The van der Waals surface area contributed by atoms with E-state index in [-0.39, 0.29) is 6.61 Å². The van der Waals surface area contributed by atoms with Crippen LogP contribution in [0.15, 0.2) is 84.9 Å². The molecule has 0 aliphatic heterocycles. The normalized spacial score (nSPS) is 12.5. The molecule has 0 saturated carbocycles. The summed E-state index contributed by atoms with van der Waals surface area (Å²) in [5.41, 5.74) is 3.12. The lowest BCUT2D eigenvalue weighted by atomic mass is 10.0. The number of hydrogen-bond donors (Lipinski definition) is 2. The average Bonchev–Trinajstić information content (AvgIpc) is 2.90. The number of carbonyl (C=O) groups excluding carboxylic acids is 1. The second kappa shape index (κ2) is 11.4. The van der Waals surface area contributed by atoms with E-state index in [9.17, 15) is 9.90 Å². The third-order valence-corrected chi connectivity index (χ3v) is 5.52. The third-order valence-electron chi connectivity index (χ3n) is 5.52.